The molecular weight excluding hydrogens is 268 g/mol. The summed E-state index contributed by atoms with van der Waals surface area (Å²) >= 11 is 1.47. The Hall–Kier alpha value is -1.31. The molecule has 108 valence electrons. The predicted molar refractivity (Wildman–Crippen MR) is 85.6 cm³/mol. The molecule has 2 N–H and O–H groups in total. The lowest BCUT2D eigenvalue weighted by atomic mass is 9.98. The molecule has 0 bridgehead atoms. The highest BCUT2D eigenvalue weighted by Crippen LogP contribution is 2.27. The van der Waals surface area contributed by atoms with Crippen LogP contribution < -0.4 is 10.6 Å². The van der Waals surface area contributed by atoms with Crippen molar-refractivity contribution in [2.75, 3.05) is 18.4 Å². The van der Waals surface area contributed by atoms with Crippen molar-refractivity contribution in [2.45, 2.75) is 39.7 Å². The molecule has 2 rings (SSSR count). The van der Waals surface area contributed by atoms with Crippen molar-refractivity contribution in [3.63, 3.8) is 0 Å². The molecule has 1 aliphatic rings. The summed E-state index contributed by atoms with van der Waals surface area (Å²) in [5.41, 5.74) is 0.920. The van der Waals surface area contributed by atoms with E-state index in [4.69, 9.17) is 0 Å². The molecule has 1 aromatic heterocycles. The number of carbonyl (C=O) groups excluding carboxylic acids is 1. The van der Waals surface area contributed by atoms with E-state index in [0.717, 1.165) is 47.7 Å². The van der Waals surface area contributed by atoms with Crippen LogP contribution in [-0.4, -0.2) is 25.4 Å². The smallest absolute Gasteiger partial charge is 0.162 e. The topological polar surface area (TPSA) is 41.1 Å². The van der Waals surface area contributed by atoms with Crippen LogP contribution in [0, 0.1) is 17.3 Å². The van der Waals surface area contributed by atoms with Crippen LogP contribution in [0.1, 0.15) is 48.2 Å². The highest BCUT2D eigenvalue weighted by molar-refractivity contribution is 7.14. The lowest BCUT2D eigenvalue weighted by Gasteiger charge is -2.24. The summed E-state index contributed by atoms with van der Waals surface area (Å²) in [7, 11) is 0. The average molecular weight is 290 g/mol. The quantitative estimate of drug-likeness (QED) is 0.664. The van der Waals surface area contributed by atoms with Gasteiger partial charge in [-0.05, 0) is 52.8 Å². The minimum atomic E-state index is -0.0199. The van der Waals surface area contributed by atoms with E-state index in [9.17, 15) is 4.79 Å². The van der Waals surface area contributed by atoms with Crippen molar-refractivity contribution in [2.24, 2.45) is 5.41 Å². The van der Waals surface area contributed by atoms with Crippen LogP contribution in [0.4, 0.5) is 5.69 Å². The Morgan fingerprint density at radius 1 is 1.40 bits per heavy atom. The molecule has 0 radical (unpaired) electrons. The fraction of sp³-hybridized carbons (Fsp3) is 0.562. The van der Waals surface area contributed by atoms with Crippen molar-refractivity contribution < 1.29 is 4.79 Å². The third-order valence-corrected chi connectivity index (χ3v) is 4.10. The monoisotopic (exact) mass is 290 g/mol. The van der Waals surface area contributed by atoms with E-state index in [0.29, 0.717) is 6.04 Å². The third kappa shape index (κ3) is 4.36. The molecule has 4 heteroatoms. The zero-order chi connectivity index (χ0) is 14.6. The summed E-state index contributed by atoms with van der Waals surface area (Å²) < 4.78 is 0. The number of nitrogens with one attached hydrogen (secondary N) is 2. The fourth-order valence-corrected chi connectivity index (χ4v) is 2.89. The Balaban J connectivity index is 2.13. The minimum Gasteiger partial charge on any atom is -0.381 e. The fourth-order valence-electron chi connectivity index (χ4n) is 2.10. The van der Waals surface area contributed by atoms with Crippen molar-refractivity contribution in [3.05, 3.63) is 15.8 Å². The molecule has 1 aromatic rings. The van der Waals surface area contributed by atoms with Gasteiger partial charge < -0.3 is 10.6 Å². The first-order chi connectivity index (χ1) is 9.48. The molecule has 0 aromatic carbocycles. The summed E-state index contributed by atoms with van der Waals surface area (Å²) in [5.74, 6) is 6.39. The maximum Gasteiger partial charge on any atom is 0.162 e. The Morgan fingerprint density at radius 3 is 2.70 bits per heavy atom. The zero-order valence-corrected chi connectivity index (χ0v) is 13.2. The number of anilines is 1. The Morgan fingerprint density at radius 2 is 2.10 bits per heavy atom. The van der Waals surface area contributed by atoms with Gasteiger partial charge in [0.05, 0.1) is 15.4 Å². The molecule has 20 heavy (non-hydrogen) atoms. The number of rotatable bonds is 3. The molecule has 1 aliphatic heterocycles. The number of aldehydes is 1. The Kier molecular flexibility index (Phi) is 4.85. The molecule has 0 unspecified atom stereocenters. The maximum atomic E-state index is 11.2. The molecule has 1 saturated heterocycles. The average Bonchev–Trinajstić information content (AvgIpc) is 2.79. The highest BCUT2D eigenvalue weighted by atomic mass is 32.1. The summed E-state index contributed by atoms with van der Waals surface area (Å²) in [5, 5.41) is 6.83. The van der Waals surface area contributed by atoms with Gasteiger partial charge in [0, 0.05) is 11.5 Å². The van der Waals surface area contributed by atoms with Gasteiger partial charge in [-0.2, -0.15) is 0 Å². The van der Waals surface area contributed by atoms with Crippen molar-refractivity contribution in [3.8, 4) is 11.8 Å². The van der Waals surface area contributed by atoms with Gasteiger partial charge in [-0.1, -0.05) is 11.8 Å². The van der Waals surface area contributed by atoms with Crippen LogP contribution in [-0.2, 0) is 0 Å². The molecule has 0 amide bonds. The highest BCUT2D eigenvalue weighted by Gasteiger charge is 2.16. The summed E-state index contributed by atoms with van der Waals surface area (Å²) in [4.78, 5) is 12.9. The number of thiophene rings is 1. The van der Waals surface area contributed by atoms with Crippen LogP contribution in [0.15, 0.2) is 6.07 Å². The third-order valence-electron chi connectivity index (χ3n) is 3.13. The van der Waals surface area contributed by atoms with Crippen LogP contribution >= 0.6 is 11.3 Å². The number of piperidine rings is 1. The molecule has 0 atom stereocenters. The Bertz CT molecular complexity index is 525. The van der Waals surface area contributed by atoms with Gasteiger partial charge in [-0.15, -0.1) is 11.3 Å². The minimum absolute atomic E-state index is 0.0199. The molecule has 3 nitrogen and oxygen atoms in total. The van der Waals surface area contributed by atoms with E-state index in [1.165, 1.54) is 11.3 Å². The molecular formula is C16H22N2OS. The second-order valence-electron chi connectivity index (χ2n) is 6.18. The zero-order valence-electron chi connectivity index (χ0n) is 12.4. The molecule has 1 fully saturated rings. The molecule has 0 aliphatic carbocycles. The lowest BCUT2D eigenvalue weighted by molar-refractivity contribution is 0.112. The van der Waals surface area contributed by atoms with Gasteiger partial charge in [0.15, 0.2) is 6.29 Å². The Labute approximate surface area is 125 Å². The van der Waals surface area contributed by atoms with Crippen LogP contribution in [0.2, 0.25) is 0 Å². The van der Waals surface area contributed by atoms with Crippen LogP contribution in [0.25, 0.3) is 0 Å². The molecule has 0 spiro atoms. The first kappa shape index (κ1) is 15.1. The van der Waals surface area contributed by atoms with Gasteiger partial charge >= 0.3 is 0 Å². The first-order valence-corrected chi connectivity index (χ1v) is 7.89. The van der Waals surface area contributed by atoms with Crippen molar-refractivity contribution in [1.29, 1.82) is 0 Å². The number of hydrogen-bond acceptors (Lipinski definition) is 4. The van der Waals surface area contributed by atoms with Crippen LogP contribution in [0.3, 0.4) is 0 Å². The predicted octanol–water partition coefficient (Wildman–Crippen LogP) is 3.12. The largest absolute Gasteiger partial charge is 0.381 e. The first-order valence-electron chi connectivity index (χ1n) is 7.07. The standard InChI is InChI=1S/C16H22N2OS/c1-16(2,3)7-4-13-10-14(15(11-19)20-13)18-12-5-8-17-9-6-12/h10-12,17-18H,5-6,8-9H2,1-3H3. The number of carbonyl (C=O) groups is 1. The summed E-state index contributed by atoms with van der Waals surface area (Å²) in [6.45, 7) is 8.33. The van der Waals surface area contributed by atoms with Gasteiger partial charge in [0.2, 0.25) is 0 Å². The number of hydrogen-bond donors (Lipinski definition) is 2. The molecule has 2 heterocycles. The second kappa shape index (κ2) is 6.43. The normalized spacial score (nSPS) is 16.4. The van der Waals surface area contributed by atoms with Gasteiger partial charge in [0.1, 0.15) is 0 Å². The van der Waals surface area contributed by atoms with Gasteiger partial charge in [-0.25, -0.2) is 0 Å². The van der Waals surface area contributed by atoms with Crippen molar-refractivity contribution in [1.82, 2.24) is 5.32 Å². The van der Waals surface area contributed by atoms with E-state index < -0.39 is 0 Å². The SMILES string of the molecule is CC(C)(C)C#Cc1cc(NC2CCNCC2)c(C=O)s1. The van der Waals surface area contributed by atoms with E-state index >= 15 is 0 Å². The lowest BCUT2D eigenvalue weighted by Crippen LogP contribution is -2.35. The van der Waals surface area contributed by atoms with Crippen molar-refractivity contribution >= 4 is 23.3 Å². The van der Waals surface area contributed by atoms with E-state index in [-0.39, 0.29) is 5.41 Å². The van der Waals surface area contributed by atoms with E-state index in [2.05, 4.69) is 43.2 Å². The summed E-state index contributed by atoms with van der Waals surface area (Å²) in [6, 6.07) is 2.46. The van der Waals surface area contributed by atoms with E-state index in [1.54, 1.807) is 0 Å². The van der Waals surface area contributed by atoms with Gasteiger partial charge in [-0.3, -0.25) is 4.79 Å². The second-order valence-corrected chi connectivity index (χ2v) is 7.26. The molecule has 0 saturated carbocycles. The summed E-state index contributed by atoms with van der Waals surface area (Å²) in [6.07, 6.45) is 3.12. The van der Waals surface area contributed by atoms with E-state index in [1.807, 2.05) is 6.07 Å². The van der Waals surface area contributed by atoms with Gasteiger partial charge in [0.25, 0.3) is 0 Å². The van der Waals surface area contributed by atoms with Crippen LogP contribution in [0.5, 0.6) is 0 Å². The maximum absolute atomic E-state index is 11.2.